The minimum atomic E-state index is -4.20. The van der Waals surface area contributed by atoms with Crippen LogP contribution in [-0.4, -0.2) is 6.18 Å². The van der Waals surface area contributed by atoms with Gasteiger partial charge in [0.1, 0.15) is 0 Å². The van der Waals surface area contributed by atoms with Gasteiger partial charge in [0.2, 0.25) is 0 Å². The van der Waals surface area contributed by atoms with Gasteiger partial charge < -0.3 is 0 Å². The number of allylic oxidation sites excluding steroid dienone is 4. The summed E-state index contributed by atoms with van der Waals surface area (Å²) in [5.41, 5.74) is 1.55. The van der Waals surface area contributed by atoms with Crippen LogP contribution >= 0.6 is 0 Å². The first-order valence-electron chi connectivity index (χ1n) is 3.23. The van der Waals surface area contributed by atoms with Crippen LogP contribution in [-0.2, 0) is 0 Å². The second-order valence-electron chi connectivity index (χ2n) is 2.56. The molecule has 0 aromatic heterocycles. The summed E-state index contributed by atoms with van der Waals surface area (Å²) in [4.78, 5) is 0. The molecular formula is C8H11F3. The molecule has 11 heavy (non-hydrogen) atoms. The van der Waals surface area contributed by atoms with Crippen molar-refractivity contribution in [3.8, 4) is 0 Å². The van der Waals surface area contributed by atoms with Gasteiger partial charge in [0.15, 0.2) is 0 Å². The summed E-state index contributed by atoms with van der Waals surface area (Å²) in [5, 5.41) is 0. The summed E-state index contributed by atoms with van der Waals surface area (Å²) in [5.74, 6) is 0. The minimum absolute atomic E-state index is 0.245. The summed E-state index contributed by atoms with van der Waals surface area (Å²) in [6.07, 6.45) is -2.87. The van der Waals surface area contributed by atoms with Crippen molar-refractivity contribution < 1.29 is 13.2 Å². The molecule has 0 saturated carbocycles. The van der Waals surface area contributed by atoms with Crippen LogP contribution in [0.3, 0.4) is 0 Å². The number of hydrogen-bond acceptors (Lipinski definition) is 0. The molecule has 0 radical (unpaired) electrons. The Morgan fingerprint density at radius 3 is 1.82 bits per heavy atom. The molecule has 0 fully saturated rings. The summed E-state index contributed by atoms with van der Waals surface area (Å²) >= 11 is 0. The normalized spacial score (nSPS) is 12.2. The smallest absolute Gasteiger partial charge is 0.167 e. The predicted molar refractivity (Wildman–Crippen MR) is 39.2 cm³/mol. The molecule has 0 unspecified atom stereocenters. The van der Waals surface area contributed by atoms with Crippen LogP contribution < -0.4 is 0 Å². The van der Waals surface area contributed by atoms with E-state index < -0.39 is 6.18 Å². The lowest BCUT2D eigenvalue weighted by molar-refractivity contribution is -0.0798. The molecular weight excluding hydrogens is 153 g/mol. The average Bonchev–Trinajstić information content (AvgIpc) is 1.80. The first-order chi connectivity index (χ1) is 4.83. The van der Waals surface area contributed by atoms with E-state index in [0.29, 0.717) is 5.57 Å². The number of rotatable bonds is 1. The fraction of sp³-hybridized carbons (Fsp3) is 0.500. The second-order valence-corrected chi connectivity index (χ2v) is 2.56. The average molecular weight is 164 g/mol. The molecule has 0 rings (SSSR count). The summed E-state index contributed by atoms with van der Waals surface area (Å²) in [6, 6.07) is 0. The molecule has 0 heterocycles. The van der Waals surface area contributed by atoms with Gasteiger partial charge in [-0.3, -0.25) is 0 Å². The Labute approximate surface area is 64.4 Å². The molecule has 0 N–H and O–H groups in total. The number of alkyl halides is 3. The van der Waals surface area contributed by atoms with E-state index in [0.717, 1.165) is 11.6 Å². The van der Waals surface area contributed by atoms with E-state index in [1.54, 1.807) is 20.8 Å². The first-order valence-corrected chi connectivity index (χ1v) is 3.23. The third-order valence-corrected chi connectivity index (χ3v) is 1.31. The highest BCUT2D eigenvalue weighted by Crippen LogP contribution is 2.17. The molecule has 0 aromatic rings. The lowest BCUT2D eigenvalue weighted by atomic mass is 10.1. The molecule has 0 aliphatic heterocycles. The van der Waals surface area contributed by atoms with E-state index in [1.165, 1.54) is 0 Å². The standard InChI is InChI=1S/C8H11F3/c1-6(2)7(3)4-5-8(9,10)11/h4-5H,1-3H3/b5-4-. The first kappa shape index (κ1) is 10.3. The Balaban J connectivity index is 4.27. The van der Waals surface area contributed by atoms with Gasteiger partial charge in [0.25, 0.3) is 0 Å². The fourth-order valence-corrected chi connectivity index (χ4v) is 0.386. The van der Waals surface area contributed by atoms with Crippen molar-refractivity contribution >= 4 is 0 Å². The van der Waals surface area contributed by atoms with Gasteiger partial charge in [-0.1, -0.05) is 17.2 Å². The molecule has 0 bridgehead atoms. The van der Waals surface area contributed by atoms with Gasteiger partial charge in [-0.15, -0.1) is 0 Å². The van der Waals surface area contributed by atoms with Crippen molar-refractivity contribution in [2.24, 2.45) is 0 Å². The Hall–Kier alpha value is -0.730. The fourth-order valence-electron chi connectivity index (χ4n) is 0.386. The molecule has 64 valence electrons. The molecule has 0 saturated heterocycles. The van der Waals surface area contributed by atoms with Gasteiger partial charge in [-0.25, -0.2) is 0 Å². The van der Waals surface area contributed by atoms with Crippen LogP contribution in [0.2, 0.25) is 0 Å². The second kappa shape index (κ2) is 3.60. The van der Waals surface area contributed by atoms with E-state index in [1.807, 2.05) is 0 Å². The highest BCUT2D eigenvalue weighted by Gasteiger charge is 2.21. The van der Waals surface area contributed by atoms with Crippen LogP contribution in [0.15, 0.2) is 23.3 Å². The maximum Gasteiger partial charge on any atom is 0.409 e. The van der Waals surface area contributed by atoms with E-state index in [4.69, 9.17) is 0 Å². The van der Waals surface area contributed by atoms with Gasteiger partial charge in [0.05, 0.1) is 0 Å². The maximum atomic E-state index is 11.6. The lowest BCUT2D eigenvalue weighted by Crippen LogP contribution is -2.00. The quantitative estimate of drug-likeness (QED) is 0.520. The van der Waals surface area contributed by atoms with Gasteiger partial charge in [-0.2, -0.15) is 13.2 Å². The van der Waals surface area contributed by atoms with Crippen molar-refractivity contribution in [3.05, 3.63) is 23.3 Å². The zero-order valence-electron chi connectivity index (χ0n) is 6.79. The van der Waals surface area contributed by atoms with Crippen LogP contribution in [0.5, 0.6) is 0 Å². The maximum absolute atomic E-state index is 11.6. The highest BCUT2D eigenvalue weighted by atomic mass is 19.4. The number of halogens is 3. The van der Waals surface area contributed by atoms with E-state index in [9.17, 15) is 13.2 Å². The zero-order chi connectivity index (χ0) is 9.07. The largest absolute Gasteiger partial charge is 0.409 e. The number of hydrogen-bond donors (Lipinski definition) is 0. The van der Waals surface area contributed by atoms with Crippen molar-refractivity contribution in [2.45, 2.75) is 26.9 Å². The molecule has 0 atom stereocenters. The Morgan fingerprint density at radius 1 is 1.09 bits per heavy atom. The molecule has 0 aliphatic carbocycles. The van der Waals surface area contributed by atoms with Gasteiger partial charge in [-0.05, 0) is 20.8 Å². The molecule has 0 amide bonds. The van der Waals surface area contributed by atoms with E-state index >= 15 is 0 Å². The summed E-state index contributed by atoms with van der Waals surface area (Å²) in [6.45, 7) is 5.20. The summed E-state index contributed by atoms with van der Waals surface area (Å²) < 4.78 is 34.7. The van der Waals surface area contributed by atoms with Crippen molar-refractivity contribution in [1.29, 1.82) is 0 Å². The lowest BCUT2D eigenvalue weighted by Gasteiger charge is -1.98. The van der Waals surface area contributed by atoms with Crippen molar-refractivity contribution in [2.75, 3.05) is 0 Å². The molecule has 0 spiro atoms. The predicted octanol–water partition coefficient (Wildman–Crippen LogP) is 3.46. The summed E-state index contributed by atoms with van der Waals surface area (Å²) in [7, 11) is 0. The third kappa shape index (κ3) is 5.70. The molecule has 0 aromatic carbocycles. The van der Waals surface area contributed by atoms with Crippen molar-refractivity contribution in [1.82, 2.24) is 0 Å². The van der Waals surface area contributed by atoms with Crippen LogP contribution in [0.4, 0.5) is 13.2 Å². The van der Waals surface area contributed by atoms with Crippen LogP contribution in [0.1, 0.15) is 20.8 Å². The Bertz CT molecular complexity index is 180. The molecule has 0 aliphatic rings. The zero-order valence-corrected chi connectivity index (χ0v) is 6.79. The van der Waals surface area contributed by atoms with Gasteiger partial charge in [0, 0.05) is 6.08 Å². The minimum Gasteiger partial charge on any atom is -0.167 e. The molecule has 0 nitrogen and oxygen atoms in total. The Kier molecular flexibility index (Phi) is 3.36. The molecule has 3 heteroatoms. The Morgan fingerprint density at radius 2 is 1.55 bits per heavy atom. The highest BCUT2D eigenvalue weighted by molar-refractivity contribution is 5.21. The van der Waals surface area contributed by atoms with E-state index in [2.05, 4.69) is 0 Å². The van der Waals surface area contributed by atoms with Gasteiger partial charge >= 0.3 is 6.18 Å². The topological polar surface area (TPSA) is 0 Å². The SMILES string of the molecule is CC(C)=C(C)/C=C\C(F)(F)F. The monoisotopic (exact) mass is 164 g/mol. The van der Waals surface area contributed by atoms with Crippen LogP contribution in [0.25, 0.3) is 0 Å². The van der Waals surface area contributed by atoms with E-state index in [-0.39, 0.29) is 6.08 Å². The van der Waals surface area contributed by atoms with Crippen LogP contribution in [0, 0.1) is 0 Å². The third-order valence-electron chi connectivity index (χ3n) is 1.31. The van der Waals surface area contributed by atoms with Crippen molar-refractivity contribution in [3.63, 3.8) is 0 Å².